The Morgan fingerprint density at radius 3 is 3.00 bits per heavy atom. The number of imidazole rings is 1. The summed E-state index contributed by atoms with van der Waals surface area (Å²) in [5.41, 5.74) is 1.18. The van der Waals surface area contributed by atoms with Crippen LogP contribution in [0.4, 0.5) is 0 Å². The Bertz CT molecular complexity index is 674. The monoisotopic (exact) mass is 296 g/mol. The van der Waals surface area contributed by atoms with Gasteiger partial charge < -0.3 is 14.2 Å². The number of ether oxygens (including phenoxy) is 3. The van der Waals surface area contributed by atoms with Gasteiger partial charge in [0.25, 0.3) is 0 Å². The predicted octanol–water partition coefficient (Wildman–Crippen LogP) is 1.53. The summed E-state index contributed by atoms with van der Waals surface area (Å²) in [6.07, 6.45) is 2.47. The van der Waals surface area contributed by atoms with E-state index in [1.54, 1.807) is 6.33 Å². The Labute approximate surface area is 119 Å². The molecule has 2 aromatic heterocycles. The summed E-state index contributed by atoms with van der Waals surface area (Å²) < 4.78 is 19.3. The van der Waals surface area contributed by atoms with Crippen LogP contribution < -0.4 is 0 Å². The number of hydrogen-bond acceptors (Lipinski definition) is 6. The molecule has 0 N–H and O–H groups in total. The highest BCUT2D eigenvalue weighted by molar-refractivity contribution is 6.33. The van der Waals surface area contributed by atoms with Crippen LogP contribution in [0.5, 0.6) is 0 Å². The predicted molar refractivity (Wildman–Crippen MR) is 69.1 cm³/mol. The number of nitrogens with zero attached hydrogens (tertiary/aromatic N) is 4. The van der Waals surface area contributed by atoms with E-state index in [1.165, 1.54) is 6.33 Å². The van der Waals surface area contributed by atoms with Crippen molar-refractivity contribution in [3.8, 4) is 0 Å². The van der Waals surface area contributed by atoms with E-state index in [4.69, 9.17) is 25.8 Å². The molecule has 0 radical (unpaired) electrons. The molecule has 0 aromatic carbocycles. The minimum atomic E-state index is -0.597. The van der Waals surface area contributed by atoms with Gasteiger partial charge in [0, 0.05) is 0 Å². The van der Waals surface area contributed by atoms with Crippen molar-refractivity contribution in [1.82, 2.24) is 19.5 Å². The van der Waals surface area contributed by atoms with Gasteiger partial charge in [-0.05, 0) is 13.8 Å². The molecule has 4 rings (SSSR count). The van der Waals surface area contributed by atoms with Crippen molar-refractivity contribution in [2.24, 2.45) is 0 Å². The molecule has 2 saturated heterocycles. The lowest BCUT2D eigenvalue weighted by Gasteiger charge is -2.22. The molecule has 3 atom stereocenters. The van der Waals surface area contributed by atoms with Crippen molar-refractivity contribution in [2.75, 3.05) is 6.61 Å². The third-order valence-corrected chi connectivity index (χ3v) is 3.80. The summed E-state index contributed by atoms with van der Waals surface area (Å²) in [4.78, 5) is 12.4. The third kappa shape index (κ3) is 1.74. The van der Waals surface area contributed by atoms with E-state index >= 15 is 0 Å². The molecule has 0 bridgehead atoms. The number of halogens is 1. The van der Waals surface area contributed by atoms with Crippen LogP contribution in [-0.4, -0.2) is 44.1 Å². The van der Waals surface area contributed by atoms with E-state index in [-0.39, 0.29) is 18.4 Å². The van der Waals surface area contributed by atoms with E-state index in [9.17, 15) is 0 Å². The Morgan fingerprint density at radius 2 is 2.15 bits per heavy atom. The van der Waals surface area contributed by atoms with Crippen molar-refractivity contribution in [3.05, 3.63) is 17.8 Å². The molecule has 2 aliphatic rings. The Balaban J connectivity index is 1.75. The smallest absolute Gasteiger partial charge is 0.167 e. The molecular weight excluding hydrogens is 284 g/mol. The lowest BCUT2D eigenvalue weighted by Crippen LogP contribution is -2.27. The number of rotatable bonds is 1. The van der Waals surface area contributed by atoms with Gasteiger partial charge in [0.05, 0.1) is 12.9 Å². The molecule has 7 nitrogen and oxygen atoms in total. The van der Waals surface area contributed by atoms with Crippen molar-refractivity contribution in [3.63, 3.8) is 0 Å². The zero-order valence-electron chi connectivity index (χ0n) is 11.0. The van der Waals surface area contributed by atoms with E-state index in [0.29, 0.717) is 22.9 Å². The van der Waals surface area contributed by atoms with Gasteiger partial charge in [0.2, 0.25) is 0 Å². The molecule has 8 heteroatoms. The fourth-order valence-electron chi connectivity index (χ4n) is 2.77. The van der Waals surface area contributed by atoms with Crippen LogP contribution in [0.1, 0.15) is 20.1 Å². The van der Waals surface area contributed by atoms with Crippen molar-refractivity contribution in [1.29, 1.82) is 0 Å². The molecule has 2 fully saturated rings. The summed E-state index contributed by atoms with van der Waals surface area (Å²) in [5, 5.41) is 0.326. The van der Waals surface area contributed by atoms with E-state index in [2.05, 4.69) is 15.0 Å². The minimum Gasteiger partial charge on any atom is -0.352 e. The highest BCUT2D eigenvalue weighted by atomic mass is 35.5. The molecule has 0 saturated carbocycles. The second kappa shape index (κ2) is 4.11. The van der Waals surface area contributed by atoms with Crippen LogP contribution >= 0.6 is 11.6 Å². The molecule has 0 aliphatic carbocycles. The van der Waals surface area contributed by atoms with Gasteiger partial charge in [0.1, 0.15) is 24.1 Å². The first-order valence-corrected chi connectivity index (χ1v) is 6.73. The first kappa shape index (κ1) is 12.5. The van der Waals surface area contributed by atoms with Gasteiger partial charge >= 0.3 is 0 Å². The van der Waals surface area contributed by atoms with Crippen molar-refractivity contribution >= 4 is 22.8 Å². The largest absolute Gasteiger partial charge is 0.352 e. The number of fused-ring (bicyclic) bond motifs is 2. The van der Waals surface area contributed by atoms with Gasteiger partial charge in [-0.15, -0.1) is 0 Å². The van der Waals surface area contributed by atoms with Crippen molar-refractivity contribution < 1.29 is 14.2 Å². The quantitative estimate of drug-likeness (QED) is 0.743. The molecule has 4 heterocycles. The van der Waals surface area contributed by atoms with Gasteiger partial charge in [-0.25, -0.2) is 15.0 Å². The Morgan fingerprint density at radius 1 is 1.30 bits per heavy atom. The van der Waals surface area contributed by atoms with Gasteiger partial charge in [0.15, 0.2) is 22.8 Å². The summed E-state index contributed by atoms with van der Waals surface area (Å²) in [6.45, 7) is 4.28. The third-order valence-electron chi connectivity index (χ3n) is 3.52. The molecular formula is C12H13ClN4O3. The zero-order valence-corrected chi connectivity index (χ0v) is 11.7. The minimum absolute atomic E-state index is 0.0789. The first-order valence-electron chi connectivity index (χ1n) is 6.35. The first-order chi connectivity index (χ1) is 9.55. The molecule has 20 heavy (non-hydrogen) atoms. The van der Waals surface area contributed by atoms with Crippen LogP contribution in [0, 0.1) is 0 Å². The normalized spacial score (nSPS) is 31.9. The summed E-state index contributed by atoms with van der Waals surface area (Å²) in [6, 6.07) is 0. The molecule has 0 spiro atoms. The highest BCUT2D eigenvalue weighted by Gasteiger charge is 2.51. The van der Waals surface area contributed by atoms with Gasteiger partial charge in [-0.3, -0.25) is 4.57 Å². The molecule has 0 amide bonds. The maximum Gasteiger partial charge on any atom is 0.167 e. The topological polar surface area (TPSA) is 71.3 Å². The van der Waals surface area contributed by atoms with E-state index in [0.717, 1.165) is 0 Å². The Kier molecular flexibility index (Phi) is 2.56. The average Bonchev–Trinajstić information content (AvgIpc) is 3.01. The van der Waals surface area contributed by atoms with E-state index in [1.807, 2.05) is 18.4 Å². The van der Waals surface area contributed by atoms with Crippen molar-refractivity contribution in [2.45, 2.75) is 38.1 Å². The fourth-order valence-corrected chi connectivity index (χ4v) is 2.95. The van der Waals surface area contributed by atoms with Crippen LogP contribution in [0.15, 0.2) is 12.7 Å². The summed E-state index contributed by atoms with van der Waals surface area (Å²) >= 11 is 6.01. The standard InChI is InChI=1S/C12H13ClN4O3/c1-12(2)19-6-3-18-11(8(6)20-12)17-5-16-7-9(13)14-4-15-10(7)17/h4-6,8,11H,3H2,1-2H3. The number of hydrogen-bond donors (Lipinski definition) is 0. The Hall–Kier alpha value is -1.28. The van der Waals surface area contributed by atoms with E-state index < -0.39 is 5.79 Å². The fraction of sp³-hybridized carbons (Fsp3) is 0.583. The van der Waals surface area contributed by atoms with Crippen LogP contribution in [0.3, 0.4) is 0 Å². The van der Waals surface area contributed by atoms with Gasteiger partial charge in [-0.1, -0.05) is 11.6 Å². The van der Waals surface area contributed by atoms with Crippen LogP contribution in [0.25, 0.3) is 11.2 Å². The average molecular weight is 297 g/mol. The van der Waals surface area contributed by atoms with Crippen LogP contribution in [-0.2, 0) is 14.2 Å². The molecule has 2 aliphatic heterocycles. The summed E-state index contributed by atoms with van der Waals surface area (Å²) in [5.74, 6) is -0.597. The SMILES string of the molecule is CC1(C)OC2COC(n3cnc4c(Cl)ncnc43)C2O1. The van der Waals surface area contributed by atoms with Gasteiger partial charge in [-0.2, -0.15) is 0 Å². The molecule has 3 unspecified atom stereocenters. The lowest BCUT2D eigenvalue weighted by atomic mass is 10.2. The molecule has 2 aromatic rings. The maximum absolute atomic E-state index is 6.01. The second-order valence-corrected chi connectivity index (χ2v) is 5.71. The molecule has 106 valence electrons. The highest BCUT2D eigenvalue weighted by Crippen LogP contribution is 2.40. The number of aromatic nitrogens is 4. The zero-order chi connectivity index (χ0) is 13.9. The van der Waals surface area contributed by atoms with Crippen LogP contribution in [0.2, 0.25) is 5.15 Å². The summed E-state index contributed by atoms with van der Waals surface area (Å²) in [7, 11) is 0. The lowest BCUT2D eigenvalue weighted by molar-refractivity contribution is -0.183. The maximum atomic E-state index is 6.01. The second-order valence-electron chi connectivity index (χ2n) is 5.35.